The molecule has 118 valence electrons. The van der Waals surface area contributed by atoms with E-state index in [4.69, 9.17) is 9.47 Å². The minimum atomic E-state index is -1.27. The van der Waals surface area contributed by atoms with Gasteiger partial charge in [0.05, 0.1) is 13.7 Å². The van der Waals surface area contributed by atoms with Crippen molar-refractivity contribution >= 4 is 11.9 Å². The molecule has 1 saturated carbocycles. The van der Waals surface area contributed by atoms with Crippen molar-refractivity contribution in [1.29, 1.82) is 0 Å². The third-order valence-electron chi connectivity index (χ3n) is 4.44. The van der Waals surface area contributed by atoms with Crippen LogP contribution in [0.5, 0.6) is 5.75 Å². The molecule has 2 fully saturated rings. The van der Waals surface area contributed by atoms with Crippen molar-refractivity contribution in [3.8, 4) is 5.75 Å². The molecule has 1 aromatic rings. The molecular formula is C16H19NO5. The molecule has 6 nitrogen and oxygen atoms in total. The van der Waals surface area contributed by atoms with Crippen molar-refractivity contribution in [1.82, 2.24) is 5.32 Å². The minimum absolute atomic E-state index is 0.0324. The zero-order chi connectivity index (χ0) is 15.7. The minimum Gasteiger partial charge on any atom is -0.497 e. The Kier molecular flexibility index (Phi) is 3.78. The summed E-state index contributed by atoms with van der Waals surface area (Å²) in [6.45, 7) is 0.390. The number of carbonyl (C=O) groups is 2. The van der Waals surface area contributed by atoms with E-state index in [9.17, 15) is 14.7 Å². The van der Waals surface area contributed by atoms with Crippen molar-refractivity contribution in [2.24, 2.45) is 5.92 Å². The predicted molar refractivity (Wildman–Crippen MR) is 77.8 cm³/mol. The Hall–Kier alpha value is -2.08. The molecule has 22 heavy (non-hydrogen) atoms. The highest BCUT2D eigenvalue weighted by Crippen LogP contribution is 2.48. The highest BCUT2D eigenvalue weighted by molar-refractivity contribution is 5.90. The van der Waals surface area contributed by atoms with Crippen molar-refractivity contribution in [2.75, 3.05) is 20.3 Å². The van der Waals surface area contributed by atoms with Crippen LogP contribution in [0.3, 0.4) is 0 Å². The van der Waals surface area contributed by atoms with E-state index in [-0.39, 0.29) is 24.3 Å². The van der Waals surface area contributed by atoms with Crippen LogP contribution in [0.4, 0.5) is 0 Å². The Morgan fingerprint density at radius 1 is 1.45 bits per heavy atom. The van der Waals surface area contributed by atoms with E-state index in [1.165, 1.54) is 0 Å². The molecule has 1 amide bonds. The molecule has 0 radical (unpaired) electrons. The Bertz CT molecular complexity index is 594. The average Bonchev–Trinajstić information content (AvgIpc) is 3.19. The second-order valence-electron chi connectivity index (χ2n) is 5.90. The summed E-state index contributed by atoms with van der Waals surface area (Å²) in [7, 11) is 1.60. The van der Waals surface area contributed by atoms with Crippen LogP contribution in [0.1, 0.15) is 24.3 Å². The van der Waals surface area contributed by atoms with E-state index >= 15 is 0 Å². The van der Waals surface area contributed by atoms with Gasteiger partial charge >= 0.3 is 5.97 Å². The quantitative estimate of drug-likeness (QED) is 0.852. The van der Waals surface area contributed by atoms with Crippen LogP contribution in [0, 0.1) is 5.92 Å². The predicted octanol–water partition coefficient (Wildman–Crippen LogP) is 1.16. The summed E-state index contributed by atoms with van der Waals surface area (Å²) in [5, 5.41) is 12.0. The average molecular weight is 305 g/mol. The lowest BCUT2D eigenvalue weighted by molar-refractivity contribution is -0.147. The zero-order valence-corrected chi connectivity index (χ0v) is 12.4. The molecule has 3 unspecified atom stereocenters. The zero-order valence-electron chi connectivity index (χ0n) is 12.4. The van der Waals surface area contributed by atoms with Crippen molar-refractivity contribution in [2.45, 2.75) is 24.3 Å². The SMILES string of the molecule is COc1cccc(C2CC2C(=O)NC2(C(=O)O)CCOC2)c1. The third-order valence-corrected chi connectivity index (χ3v) is 4.44. The largest absolute Gasteiger partial charge is 0.497 e. The fourth-order valence-corrected chi connectivity index (χ4v) is 2.94. The van der Waals surface area contributed by atoms with Crippen LogP contribution in [0.2, 0.25) is 0 Å². The summed E-state index contributed by atoms with van der Waals surface area (Å²) in [4.78, 5) is 23.8. The lowest BCUT2D eigenvalue weighted by Crippen LogP contribution is -2.55. The molecule has 1 heterocycles. The first-order valence-electron chi connectivity index (χ1n) is 7.33. The van der Waals surface area contributed by atoms with E-state index in [1.807, 2.05) is 24.3 Å². The number of hydrogen-bond donors (Lipinski definition) is 2. The molecule has 3 atom stereocenters. The van der Waals surface area contributed by atoms with Gasteiger partial charge in [0.15, 0.2) is 5.54 Å². The van der Waals surface area contributed by atoms with Gasteiger partial charge in [-0.1, -0.05) is 12.1 Å². The van der Waals surface area contributed by atoms with Gasteiger partial charge in [0.2, 0.25) is 5.91 Å². The van der Waals surface area contributed by atoms with Crippen LogP contribution in [-0.4, -0.2) is 42.8 Å². The number of hydrogen-bond acceptors (Lipinski definition) is 4. The molecule has 1 aliphatic carbocycles. The number of ether oxygens (including phenoxy) is 2. The van der Waals surface area contributed by atoms with Crippen LogP contribution in [0.25, 0.3) is 0 Å². The second kappa shape index (κ2) is 5.61. The second-order valence-corrected chi connectivity index (χ2v) is 5.90. The van der Waals surface area contributed by atoms with E-state index in [1.54, 1.807) is 7.11 Å². The number of aliphatic carboxylic acids is 1. The van der Waals surface area contributed by atoms with Crippen LogP contribution in [-0.2, 0) is 14.3 Å². The molecule has 0 aromatic heterocycles. The standard InChI is InChI=1S/C16H19NO5/c1-21-11-4-2-3-10(7-11)12-8-13(12)14(18)17-16(15(19)20)5-6-22-9-16/h2-4,7,12-13H,5-6,8-9H2,1H3,(H,17,18)(H,19,20). The summed E-state index contributed by atoms with van der Waals surface area (Å²) in [5.74, 6) is -0.528. The van der Waals surface area contributed by atoms with Crippen LogP contribution < -0.4 is 10.1 Å². The van der Waals surface area contributed by atoms with Crippen molar-refractivity contribution < 1.29 is 24.2 Å². The Morgan fingerprint density at radius 2 is 2.27 bits per heavy atom. The lowest BCUT2D eigenvalue weighted by atomic mass is 9.98. The maximum Gasteiger partial charge on any atom is 0.331 e. The smallest absolute Gasteiger partial charge is 0.331 e. The summed E-state index contributed by atoms with van der Waals surface area (Å²) < 4.78 is 10.3. The lowest BCUT2D eigenvalue weighted by Gasteiger charge is -2.23. The molecular weight excluding hydrogens is 286 g/mol. The first-order chi connectivity index (χ1) is 10.6. The molecule has 3 rings (SSSR count). The summed E-state index contributed by atoms with van der Waals surface area (Å²) in [6.07, 6.45) is 1.04. The van der Waals surface area contributed by atoms with Crippen molar-refractivity contribution in [3.05, 3.63) is 29.8 Å². The van der Waals surface area contributed by atoms with Gasteiger partial charge in [-0.3, -0.25) is 4.79 Å². The Morgan fingerprint density at radius 3 is 2.91 bits per heavy atom. The molecule has 0 spiro atoms. The van der Waals surface area contributed by atoms with Gasteiger partial charge in [-0.2, -0.15) is 0 Å². The number of carboxylic acid groups (broad SMARTS) is 1. The molecule has 2 N–H and O–H groups in total. The van der Waals surface area contributed by atoms with E-state index in [0.29, 0.717) is 13.0 Å². The number of benzene rings is 1. The number of nitrogens with one attached hydrogen (secondary N) is 1. The molecule has 6 heteroatoms. The van der Waals surface area contributed by atoms with Gasteiger partial charge in [-0.15, -0.1) is 0 Å². The molecule has 0 bridgehead atoms. The number of carboxylic acids is 1. The number of amides is 1. The van der Waals surface area contributed by atoms with Gasteiger partial charge in [0, 0.05) is 18.9 Å². The highest BCUT2D eigenvalue weighted by atomic mass is 16.5. The van der Waals surface area contributed by atoms with Gasteiger partial charge in [0.25, 0.3) is 0 Å². The van der Waals surface area contributed by atoms with Crippen LogP contribution in [0.15, 0.2) is 24.3 Å². The number of rotatable bonds is 5. The van der Waals surface area contributed by atoms with E-state index in [2.05, 4.69) is 5.32 Å². The summed E-state index contributed by atoms with van der Waals surface area (Å²) in [5.41, 5.74) is -0.218. The first kappa shape index (κ1) is 14.8. The molecule has 2 aliphatic rings. The third kappa shape index (κ3) is 2.66. The van der Waals surface area contributed by atoms with Gasteiger partial charge in [-0.05, 0) is 30.0 Å². The first-order valence-corrected chi connectivity index (χ1v) is 7.33. The number of methoxy groups -OCH3 is 1. The maximum absolute atomic E-state index is 12.3. The fraction of sp³-hybridized carbons (Fsp3) is 0.500. The van der Waals surface area contributed by atoms with Crippen molar-refractivity contribution in [3.63, 3.8) is 0 Å². The summed E-state index contributed by atoms with van der Waals surface area (Å²) >= 11 is 0. The topological polar surface area (TPSA) is 84.9 Å². The van der Waals surface area contributed by atoms with E-state index in [0.717, 1.165) is 17.7 Å². The molecule has 1 saturated heterocycles. The van der Waals surface area contributed by atoms with E-state index < -0.39 is 11.5 Å². The van der Waals surface area contributed by atoms with Crippen LogP contribution >= 0.6 is 0 Å². The molecule has 1 aliphatic heterocycles. The molecule has 1 aromatic carbocycles. The Balaban J connectivity index is 1.66. The monoisotopic (exact) mass is 305 g/mol. The van der Waals surface area contributed by atoms with Gasteiger partial charge in [0.1, 0.15) is 5.75 Å². The normalized spacial score (nSPS) is 29.9. The Labute approximate surface area is 128 Å². The summed E-state index contributed by atoms with van der Waals surface area (Å²) in [6, 6.07) is 7.64. The van der Waals surface area contributed by atoms with Gasteiger partial charge < -0.3 is 19.9 Å². The highest BCUT2D eigenvalue weighted by Gasteiger charge is 2.50. The van der Waals surface area contributed by atoms with Gasteiger partial charge in [-0.25, -0.2) is 4.79 Å². The maximum atomic E-state index is 12.3. The number of carbonyl (C=O) groups excluding carboxylic acids is 1. The fourth-order valence-electron chi connectivity index (χ4n) is 2.94.